The van der Waals surface area contributed by atoms with Crippen LogP contribution in [0.25, 0.3) is 10.8 Å². The van der Waals surface area contributed by atoms with E-state index in [0.717, 1.165) is 0 Å². The minimum atomic E-state index is -0.555. The summed E-state index contributed by atoms with van der Waals surface area (Å²) in [6, 6.07) is 3.35. The normalized spacial score (nSPS) is 13.2. The fraction of sp³-hybridized carbons (Fsp3) is 0.214. The number of hydrogen-bond donors (Lipinski definition) is 1. The number of ether oxygens (including phenoxy) is 3. The molecular weight excluding hydrogens is 284 g/mol. The number of esters is 1. The van der Waals surface area contributed by atoms with Gasteiger partial charge < -0.3 is 19.3 Å². The summed E-state index contributed by atoms with van der Waals surface area (Å²) in [4.78, 5) is 11.7. The highest BCUT2D eigenvalue weighted by molar-refractivity contribution is 6.34. The highest BCUT2D eigenvalue weighted by Gasteiger charge is 2.29. The van der Waals surface area contributed by atoms with E-state index in [1.165, 1.54) is 14.2 Å². The molecular formula is C14H11ClO5. The molecule has 20 heavy (non-hydrogen) atoms. The summed E-state index contributed by atoms with van der Waals surface area (Å²) >= 11 is 6.11. The predicted molar refractivity (Wildman–Crippen MR) is 72.8 cm³/mol. The third-order valence-corrected chi connectivity index (χ3v) is 3.62. The van der Waals surface area contributed by atoms with Crippen molar-refractivity contribution in [1.29, 1.82) is 0 Å². The molecule has 0 saturated heterocycles. The summed E-state index contributed by atoms with van der Waals surface area (Å²) in [5.74, 6) is 0.0313. The Kier molecular flexibility index (Phi) is 2.87. The first-order chi connectivity index (χ1) is 9.58. The van der Waals surface area contributed by atoms with Gasteiger partial charge in [0.2, 0.25) is 0 Å². The first kappa shape index (κ1) is 12.9. The molecule has 1 aliphatic rings. The first-order valence-electron chi connectivity index (χ1n) is 5.84. The first-order valence-corrected chi connectivity index (χ1v) is 6.22. The van der Waals surface area contributed by atoms with Gasteiger partial charge in [0, 0.05) is 17.0 Å². The van der Waals surface area contributed by atoms with Gasteiger partial charge in [-0.25, -0.2) is 4.79 Å². The molecule has 5 nitrogen and oxygen atoms in total. The minimum absolute atomic E-state index is 0.131. The third kappa shape index (κ3) is 1.59. The molecule has 0 saturated carbocycles. The summed E-state index contributed by atoms with van der Waals surface area (Å²) in [7, 11) is 2.95. The fourth-order valence-corrected chi connectivity index (χ4v) is 2.72. The summed E-state index contributed by atoms with van der Waals surface area (Å²) in [6.45, 7) is 0.131. The molecule has 0 bridgehead atoms. The van der Waals surface area contributed by atoms with Crippen LogP contribution in [0.2, 0.25) is 5.02 Å². The fourth-order valence-electron chi connectivity index (χ4n) is 2.45. The Morgan fingerprint density at radius 3 is 2.70 bits per heavy atom. The van der Waals surface area contributed by atoms with E-state index in [-0.39, 0.29) is 17.9 Å². The van der Waals surface area contributed by atoms with Crippen molar-refractivity contribution in [2.75, 3.05) is 14.2 Å². The van der Waals surface area contributed by atoms with Crippen molar-refractivity contribution >= 4 is 28.3 Å². The molecule has 0 amide bonds. The van der Waals surface area contributed by atoms with Gasteiger partial charge in [-0.05, 0) is 6.07 Å². The van der Waals surface area contributed by atoms with E-state index in [9.17, 15) is 9.90 Å². The summed E-state index contributed by atoms with van der Waals surface area (Å²) < 4.78 is 15.4. The Balaban J connectivity index is 2.51. The second-order valence-electron chi connectivity index (χ2n) is 4.35. The zero-order valence-electron chi connectivity index (χ0n) is 10.8. The molecule has 104 valence electrons. The van der Waals surface area contributed by atoms with Crippen LogP contribution in [-0.4, -0.2) is 25.3 Å². The number of hydrogen-bond acceptors (Lipinski definition) is 5. The van der Waals surface area contributed by atoms with Gasteiger partial charge in [-0.3, -0.25) is 0 Å². The van der Waals surface area contributed by atoms with Crippen LogP contribution >= 0.6 is 11.6 Å². The van der Waals surface area contributed by atoms with E-state index < -0.39 is 5.97 Å². The smallest absolute Gasteiger partial charge is 0.342 e. The van der Waals surface area contributed by atoms with Crippen LogP contribution in [0.1, 0.15) is 15.9 Å². The van der Waals surface area contributed by atoms with Gasteiger partial charge in [0.1, 0.15) is 29.4 Å². The van der Waals surface area contributed by atoms with Crippen molar-refractivity contribution in [3.63, 3.8) is 0 Å². The van der Waals surface area contributed by atoms with Crippen molar-refractivity contribution in [2.24, 2.45) is 0 Å². The van der Waals surface area contributed by atoms with Gasteiger partial charge in [0.15, 0.2) is 0 Å². The van der Waals surface area contributed by atoms with Crippen molar-refractivity contribution in [1.82, 2.24) is 0 Å². The average molecular weight is 295 g/mol. The number of fused-ring (bicyclic) bond motifs is 2. The molecule has 2 aromatic carbocycles. The monoisotopic (exact) mass is 294 g/mol. The molecule has 0 atom stereocenters. The van der Waals surface area contributed by atoms with E-state index in [2.05, 4.69) is 0 Å². The summed E-state index contributed by atoms with van der Waals surface area (Å²) in [5, 5.41) is 11.6. The van der Waals surface area contributed by atoms with E-state index >= 15 is 0 Å². The predicted octanol–water partition coefficient (Wildman–Crippen LogP) is 2.89. The van der Waals surface area contributed by atoms with E-state index in [1.807, 2.05) is 0 Å². The van der Waals surface area contributed by atoms with Gasteiger partial charge in [-0.1, -0.05) is 11.6 Å². The second kappa shape index (κ2) is 4.45. The van der Waals surface area contributed by atoms with Crippen molar-refractivity contribution < 1.29 is 24.1 Å². The average Bonchev–Trinajstić information content (AvgIpc) is 2.80. The maximum Gasteiger partial charge on any atom is 0.342 e. The zero-order valence-corrected chi connectivity index (χ0v) is 11.6. The topological polar surface area (TPSA) is 65.0 Å². The largest absolute Gasteiger partial charge is 0.506 e. The molecule has 0 unspecified atom stereocenters. The molecule has 1 N–H and O–H groups in total. The number of carbonyl (C=O) groups excluding carboxylic acids is 1. The second-order valence-corrected chi connectivity index (χ2v) is 4.76. The van der Waals surface area contributed by atoms with Crippen molar-refractivity contribution in [3.05, 3.63) is 28.3 Å². The Labute approximate surface area is 119 Å². The highest BCUT2D eigenvalue weighted by atomic mass is 35.5. The van der Waals surface area contributed by atoms with Crippen molar-refractivity contribution in [3.8, 4) is 17.2 Å². The number of halogens is 1. The standard InChI is InChI=1S/C14H11ClO5/c1-18-9-4-8(15)13(19-2)11-7(9)3-6-5-20-14(17)10(6)12(11)16/h3-4,16H,5H2,1-2H3. The highest BCUT2D eigenvalue weighted by Crippen LogP contribution is 2.47. The van der Waals surface area contributed by atoms with Crippen molar-refractivity contribution in [2.45, 2.75) is 6.61 Å². The summed E-state index contributed by atoms with van der Waals surface area (Å²) in [6.07, 6.45) is 0. The van der Waals surface area contributed by atoms with Crippen LogP contribution in [0.5, 0.6) is 17.2 Å². The Hall–Kier alpha value is -2.14. The Morgan fingerprint density at radius 2 is 2.05 bits per heavy atom. The number of methoxy groups -OCH3 is 2. The van der Waals surface area contributed by atoms with Gasteiger partial charge >= 0.3 is 5.97 Å². The number of carbonyl (C=O) groups is 1. The third-order valence-electron chi connectivity index (χ3n) is 3.34. The molecule has 0 fully saturated rings. The van der Waals surface area contributed by atoms with Crippen LogP contribution < -0.4 is 9.47 Å². The molecule has 2 aromatic rings. The van der Waals surface area contributed by atoms with E-state index in [4.69, 9.17) is 25.8 Å². The van der Waals surface area contributed by atoms with E-state index in [0.29, 0.717) is 32.9 Å². The lowest BCUT2D eigenvalue weighted by Gasteiger charge is -2.14. The van der Waals surface area contributed by atoms with Gasteiger partial charge in [-0.15, -0.1) is 0 Å². The number of phenols is 1. The molecule has 6 heteroatoms. The lowest BCUT2D eigenvalue weighted by Crippen LogP contribution is -1.97. The molecule has 1 aliphatic heterocycles. The Morgan fingerprint density at radius 1 is 1.30 bits per heavy atom. The molecule has 0 aliphatic carbocycles. The minimum Gasteiger partial charge on any atom is -0.506 e. The maximum absolute atomic E-state index is 11.7. The van der Waals surface area contributed by atoms with Crippen LogP contribution in [0.4, 0.5) is 0 Å². The molecule has 0 aromatic heterocycles. The zero-order chi connectivity index (χ0) is 14.4. The lowest BCUT2D eigenvalue weighted by atomic mass is 9.99. The van der Waals surface area contributed by atoms with Crippen LogP contribution in [0.15, 0.2) is 12.1 Å². The number of phenolic OH excluding ortho intramolecular Hbond substituents is 1. The molecule has 0 spiro atoms. The number of aromatic hydroxyl groups is 1. The van der Waals surface area contributed by atoms with Gasteiger partial charge in [0.05, 0.1) is 24.6 Å². The quantitative estimate of drug-likeness (QED) is 0.863. The van der Waals surface area contributed by atoms with Crippen LogP contribution in [0.3, 0.4) is 0 Å². The number of benzene rings is 2. The molecule has 1 heterocycles. The summed E-state index contributed by atoms with van der Waals surface area (Å²) in [5.41, 5.74) is 0.766. The van der Waals surface area contributed by atoms with Gasteiger partial charge in [0.25, 0.3) is 0 Å². The lowest BCUT2D eigenvalue weighted by molar-refractivity contribution is 0.0533. The van der Waals surface area contributed by atoms with E-state index in [1.54, 1.807) is 12.1 Å². The van der Waals surface area contributed by atoms with Crippen LogP contribution in [0, 0.1) is 0 Å². The number of rotatable bonds is 2. The number of cyclic esters (lactones) is 1. The SMILES string of the molecule is COc1cc(Cl)c(OC)c2c(O)c3c(cc12)COC3=O. The molecule has 3 rings (SSSR count). The van der Waals surface area contributed by atoms with Crippen LogP contribution in [-0.2, 0) is 11.3 Å². The maximum atomic E-state index is 11.7. The Bertz CT molecular complexity index is 738. The van der Waals surface area contributed by atoms with Gasteiger partial charge in [-0.2, -0.15) is 0 Å². The molecule has 0 radical (unpaired) electrons.